The van der Waals surface area contributed by atoms with Gasteiger partial charge in [-0.15, -0.1) is 0 Å². The maximum Gasteiger partial charge on any atom is 0.274 e. The van der Waals surface area contributed by atoms with Crippen molar-refractivity contribution in [2.75, 3.05) is 38.4 Å². The Morgan fingerprint density at radius 2 is 1.75 bits per heavy atom. The number of benzene rings is 1. The van der Waals surface area contributed by atoms with E-state index in [2.05, 4.69) is 10.3 Å². The molecular weight excluding hydrogens is 304 g/mol. The zero-order chi connectivity index (χ0) is 17.9. The third kappa shape index (κ3) is 3.90. The summed E-state index contributed by atoms with van der Waals surface area (Å²) >= 11 is 0. The van der Waals surface area contributed by atoms with Crippen molar-refractivity contribution < 1.29 is 9.59 Å². The Bertz CT molecular complexity index is 769. The molecule has 0 atom stereocenters. The fourth-order valence-corrected chi connectivity index (χ4v) is 2.24. The van der Waals surface area contributed by atoms with E-state index in [4.69, 9.17) is 0 Å². The molecule has 0 fully saturated rings. The molecule has 0 unspecified atom stereocenters. The molecule has 6 nitrogen and oxygen atoms in total. The molecule has 0 bridgehead atoms. The molecule has 126 valence electrons. The number of pyridine rings is 1. The van der Waals surface area contributed by atoms with E-state index in [1.165, 1.54) is 4.90 Å². The van der Waals surface area contributed by atoms with Gasteiger partial charge in [0.05, 0.1) is 0 Å². The lowest BCUT2D eigenvalue weighted by Gasteiger charge is -2.14. The molecule has 1 N–H and O–H groups in total. The summed E-state index contributed by atoms with van der Waals surface area (Å²) < 4.78 is 0. The summed E-state index contributed by atoms with van der Waals surface area (Å²) in [5.41, 5.74) is 3.29. The summed E-state index contributed by atoms with van der Waals surface area (Å²) in [4.78, 5) is 31.9. The van der Waals surface area contributed by atoms with E-state index in [-0.39, 0.29) is 11.8 Å². The van der Waals surface area contributed by atoms with Gasteiger partial charge in [-0.25, -0.2) is 0 Å². The number of aromatic nitrogens is 1. The Labute approximate surface area is 142 Å². The van der Waals surface area contributed by atoms with Crippen LogP contribution in [0.1, 0.15) is 26.4 Å². The molecule has 2 amide bonds. The number of anilines is 2. The van der Waals surface area contributed by atoms with E-state index in [0.717, 1.165) is 11.3 Å². The topological polar surface area (TPSA) is 65.5 Å². The molecule has 0 saturated carbocycles. The number of hydrogen-bond acceptors (Lipinski definition) is 4. The molecule has 0 spiro atoms. The van der Waals surface area contributed by atoms with Gasteiger partial charge >= 0.3 is 0 Å². The van der Waals surface area contributed by atoms with E-state index in [1.54, 1.807) is 44.6 Å². The van der Waals surface area contributed by atoms with Crippen molar-refractivity contribution in [2.45, 2.75) is 6.92 Å². The van der Waals surface area contributed by atoms with Gasteiger partial charge in [-0.3, -0.25) is 14.6 Å². The number of aryl methyl sites for hydroxylation is 1. The van der Waals surface area contributed by atoms with Gasteiger partial charge in [0.1, 0.15) is 5.69 Å². The van der Waals surface area contributed by atoms with Crippen LogP contribution in [0.15, 0.2) is 36.5 Å². The summed E-state index contributed by atoms with van der Waals surface area (Å²) in [6, 6.07) is 8.79. The highest BCUT2D eigenvalue weighted by Gasteiger charge is 2.13. The van der Waals surface area contributed by atoms with Gasteiger partial charge in [-0.2, -0.15) is 0 Å². The molecule has 0 aliphatic rings. The van der Waals surface area contributed by atoms with Crippen LogP contribution < -0.4 is 10.2 Å². The van der Waals surface area contributed by atoms with Crippen molar-refractivity contribution in [2.24, 2.45) is 0 Å². The summed E-state index contributed by atoms with van der Waals surface area (Å²) in [7, 11) is 7.23. The standard InChI is InChI=1S/C18H22N4O2/c1-12-10-13(6-7-15(12)18(24)22(4)5)20-17(23)16-11-14(21(2)3)8-9-19-16/h6-11H,1-5H3,(H,20,23). The molecular formula is C18H22N4O2. The predicted molar refractivity (Wildman–Crippen MR) is 95.7 cm³/mol. The largest absolute Gasteiger partial charge is 0.378 e. The van der Waals surface area contributed by atoms with E-state index < -0.39 is 0 Å². The number of carbonyl (C=O) groups is 2. The molecule has 2 rings (SSSR count). The van der Waals surface area contributed by atoms with Crippen molar-refractivity contribution in [1.82, 2.24) is 9.88 Å². The summed E-state index contributed by atoms with van der Waals surface area (Å²) in [5.74, 6) is -0.351. The summed E-state index contributed by atoms with van der Waals surface area (Å²) in [6.45, 7) is 1.84. The molecule has 1 aromatic carbocycles. The minimum atomic E-state index is -0.287. The molecule has 6 heteroatoms. The Morgan fingerprint density at radius 3 is 2.33 bits per heavy atom. The first-order valence-corrected chi connectivity index (χ1v) is 7.56. The van der Waals surface area contributed by atoms with E-state index >= 15 is 0 Å². The molecule has 0 saturated heterocycles. The number of nitrogens with zero attached hydrogens (tertiary/aromatic N) is 3. The second-order valence-corrected chi connectivity index (χ2v) is 5.98. The van der Waals surface area contributed by atoms with Crippen molar-refractivity contribution in [3.05, 3.63) is 53.3 Å². The van der Waals surface area contributed by atoms with Crippen molar-refractivity contribution in [3.63, 3.8) is 0 Å². The average Bonchev–Trinajstić information content (AvgIpc) is 2.54. The third-order valence-electron chi connectivity index (χ3n) is 3.61. The third-order valence-corrected chi connectivity index (χ3v) is 3.61. The number of amides is 2. The molecule has 0 aliphatic heterocycles. The summed E-state index contributed by atoms with van der Waals surface area (Å²) in [5, 5.41) is 2.82. The average molecular weight is 326 g/mol. The highest BCUT2D eigenvalue weighted by Crippen LogP contribution is 2.18. The summed E-state index contributed by atoms with van der Waals surface area (Å²) in [6.07, 6.45) is 1.61. The number of carbonyl (C=O) groups excluding carboxylic acids is 2. The van der Waals surface area contributed by atoms with Crippen LogP contribution in [-0.2, 0) is 0 Å². The van der Waals surface area contributed by atoms with Crippen LogP contribution in [-0.4, -0.2) is 49.9 Å². The SMILES string of the molecule is Cc1cc(NC(=O)c2cc(N(C)C)ccn2)ccc1C(=O)N(C)C. The minimum Gasteiger partial charge on any atom is -0.378 e. The van der Waals surface area contributed by atoms with Gasteiger partial charge in [0.2, 0.25) is 0 Å². The van der Waals surface area contributed by atoms with Gasteiger partial charge in [-0.1, -0.05) is 0 Å². The fraction of sp³-hybridized carbons (Fsp3) is 0.278. The van der Waals surface area contributed by atoms with Gasteiger partial charge in [0.25, 0.3) is 11.8 Å². The van der Waals surface area contributed by atoms with Crippen LogP contribution in [0.4, 0.5) is 11.4 Å². The van der Waals surface area contributed by atoms with Crippen molar-refractivity contribution in [3.8, 4) is 0 Å². The number of hydrogen-bond donors (Lipinski definition) is 1. The lowest BCUT2D eigenvalue weighted by molar-refractivity contribution is 0.0826. The van der Waals surface area contributed by atoms with Crippen LogP contribution in [0.2, 0.25) is 0 Å². The quantitative estimate of drug-likeness (QED) is 0.937. The predicted octanol–water partition coefficient (Wildman–Crippen LogP) is 2.41. The monoisotopic (exact) mass is 326 g/mol. The number of rotatable bonds is 4. The highest BCUT2D eigenvalue weighted by molar-refractivity contribution is 6.04. The smallest absolute Gasteiger partial charge is 0.274 e. The maximum atomic E-state index is 12.4. The van der Waals surface area contributed by atoms with Crippen LogP contribution in [0.3, 0.4) is 0 Å². The van der Waals surface area contributed by atoms with Crippen LogP contribution >= 0.6 is 0 Å². The Morgan fingerprint density at radius 1 is 1.04 bits per heavy atom. The van der Waals surface area contributed by atoms with Crippen LogP contribution in [0.25, 0.3) is 0 Å². The Kier molecular flexibility index (Phi) is 5.18. The highest BCUT2D eigenvalue weighted by atomic mass is 16.2. The van der Waals surface area contributed by atoms with Gasteiger partial charge in [0, 0.05) is 51.3 Å². The lowest BCUT2D eigenvalue weighted by Crippen LogP contribution is -2.22. The van der Waals surface area contributed by atoms with Crippen LogP contribution in [0.5, 0.6) is 0 Å². The molecule has 1 heterocycles. The number of nitrogens with one attached hydrogen (secondary N) is 1. The second-order valence-electron chi connectivity index (χ2n) is 5.98. The van der Waals surface area contributed by atoms with Gasteiger partial charge in [-0.05, 0) is 42.8 Å². The fourth-order valence-electron chi connectivity index (χ4n) is 2.24. The molecule has 24 heavy (non-hydrogen) atoms. The normalized spacial score (nSPS) is 10.2. The second kappa shape index (κ2) is 7.12. The molecule has 0 radical (unpaired) electrons. The van der Waals surface area contributed by atoms with Gasteiger partial charge < -0.3 is 15.1 Å². The van der Waals surface area contributed by atoms with Gasteiger partial charge in [0.15, 0.2) is 0 Å². The van der Waals surface area contributed by atoms with E-state index in [1.807, 2.05) is 32.0 Å². The first kappa shape index (κ1) is 17.5. The first-order valence-electron chi connectivity index (χ1n) is 7.56. The minimum absolute atomic E-state index is 0.0641. The van der Waals surface area contributed by atoms with Crippen LogP contribution in [0, 0.1) is 6.92 Å². The zero-order valence-corrected chi connectivity index (χ0v) is 14.6. The maximum absolute atomic E-state index is 12.4. The van der Waals surface area contributed by atoms with Crippen molar-refractivity contribution >= 4 is 23.2 Å². The lowest BCUT2D eigenvalue weighted by atomic mass is 10.1. The Balaban J connectivity index is 2.19. The molecule has 0 aliphatic carbocycles. The van der Waals surface area contributed by atoms with E-state index in [0.29, 0.717) is 16.9 Å². The van der Waals surface area contributed by atoms with Crippen molar-refractivity contribution in [1.29, 1.82) is 0 Å². The zero-order valence-electron chi connectivity index (χ0n) is 14.6. The van der Waals surface area contributed by atoms with E-state index in [9.17, 15) is 9.59 Å². The molecule has 2 aromatic rings. The molecule has 1 aromatic heterocycles. The first-order chi connectivity index (χ1) is 11.3. The Hall–Kier alpha value is -2.89.